The van der Waals surface area contributed by atoms with Gasteiger partial charge in [-0.05, 0) is 43.8 Å². The van der Waals surface area contributed by atoms with E-state index in [-0.39, 0.29) is 11.9 Å². The third kappa shape index (κ3) is 5.10. The minimum atomic E-state index is -0.296. The molecule has 1 atom stereocenters. The van der Waals surface area contributed by atoms with Crippen LogP contribution in [0.4, 0.5) is 0 Å². The summed E-state index contributed by atoms with van der Waals surface area (Å²) in [6.45, 7) is 3.05. The molecule has 0 aromatic heterocycles. The normalized spacial score (nSPS) is 12.0. The SMILES string of the molecule is CCc1ccc(OCCNC(=O)[C@@H](c2ccccc2)N(C)C)cc1. The van der Waals surface area contributed by atoms with E-state index >= 15 is 0 Å². The molecule has 2 aromatic rings. The Balaban J connectivity index is 1.82. The number of amides is 1. The summed E-state index contributed by atoms with van der Waals surface area (Å²) >= 11 is 0. The van der Waals surface area contributed by atoms with Crippen LogP contribution in [0, 0.1) is 0 Å². The van der Waals surface area contributed by atoms with E-state index in [2.05, 4.69) is 24.4 Å². The van der Waals surface area contributed by atoms with Crippen LogP contribution in [0.25, 0.3) is 0 Å². The third-order valence-corrected chi connectivity index (χ3v) is 3.88. The average Bonchev–Trinajstić information content (AvgIpc) is 2.60. The molecule has 0 aliphatic heterocycles. The number of carbonyl (C=O) groups excluding carboxylic acids is 1. The number of likely N-dealkylation sites (N-methyl/N-ethyl adjacent to an activating group) is 1. The van der Waals surface area contributed by atoms with E-state index in [4.69, 9.17) is 4.74 Å². The van der Waals surface area contributed by atoms with Gasteiger partial charge in [0, 0.05) is 0 Å². The van der Waals surface area contributed by atoms with Gasteiger partial charge in [-0.3, -0.25) is 9.69 Å². The van der Waals surface area contributed by atoms with Gasteiger partial charge in [-0.15, -0.1) is 0 Å². The fraction of sp³-hybridized carbons (Fsp3) is 0.350. The minimum absolute atomic E-state index is 0.0175. The number of nitrogens with zero attached hydrogens (tertiary/aromatic N) is 1. The smallest absolute Gasteiger partial charge is 0.242 e. The molecule has 0 saturated carbocycles. The fourth-order valence-electron chi connectivity index (χ4n) is 2.58. The Labute approximate surface area is 144 Å². The molecule has 0 aliphatic carbocycles. The second-order valence-electron chi connectivity index (χ2n) is 5.91. The van der Waals surface area contributed by atoms with Crippen molar-refractivity contribution >= 4 is 5.91 Å². The van der Waals surface area contributed by atoms with Crippen molar-refractivity contribution in [2.45, 2.75) is 19.4 Å². The quantitative estimate of drug-likeness (QED) is 0.758. The molecule has 0 aliphatic rings. The molecule has 2 rings (SSSR count). The minimum Gasteiger partial charge on any atom is -0.492 e. The summed E-state index contributed by atoms with van der Waals surface area (Å²) in [7, 11) is 3.81. The zero-order valence-corrected chi connectivity index (χ0v) is 14.7. The van der Waals surface area contributed by atoms with Crippen molar-refractivity contribution in [2.75, 3.05) is 27.2 Å². The van der Waals surface area contributed by atoms with Crippen LogP contribution in [0.3, 0.4) is 0 Å². The van der Waals surface area contributed by atoms with Crippen molar-refractivity contribution in [2.24, 2.45) is 0 Å². The lowest BCUT2D eigenvalue weighted by Gasteiger charge is -2.23. The number of ether oxygens (including phenoxy) is 1. The van der Waals surface area contributed by atoms with Gasteiger partial charge < -0.3 is 10.1 Å². The monoisotopic (exact) mass is 326 g/mol. The van der Waals surface area contributed by atoms with Crippen LogP contribution in [-0.2, 0) is 11.2 Å². The van der Waals surface area contributed by atoms with Crippen LogP contribution in [0.1, 0.15) is 24.1 Å². The Morgan fingerprint density at radius 1 is 1.08 bits per heavy atom. The molecule has 24 heavy (non-hydrogen) atoms. The molecule has 0 saturated heterocycles. The molecule has 4 nitrogen and oxygen atoms in total. The van der Waals surface area contributed by atoms with Gasteiger partial charge in [0.2, 0.25) is 5.91 Å². The molecule has 2 aromatic carbocycles. The zero-order valence-electron chi connectivity index (χ0n) is 14.7. The number of rotatable bonds is 8. The molecule has 0 radical (unpaired) electrons. The van der Waals surface area contributed by atoms with Crippen molar-refractivity contribution < 1.29 is 9.53 Å². The van der Waals surface area contributed by atoms with Gasteiger partial charge in [-0.1, -0.05) is 49.4 Å². The van der Waals surface area contributed by atoms with E-state index < -0.39 is 0 Å². The largest absolute Gasteiger partial charge is 0.492 e. The van der Waals surface area contributed by atoms with Gasteiger partial charge >= 0.3 is 0 Å². The molecule has 0 bridgehead atoms. The van der Waals surface area contributed by atoms with E-state index in [9.17, 15) is 4.79 Å². The van der Waals surface area contributed by atoms with Gasteiger partial charge in [0.1, 0.15) is 18.4 Å². The van der Waals surface area contributed by atoms with Gasteiger partial charge in [0.15, 0.2) is 0 Å². The van der Waals surface area contributed by atoms with Gasteiger partial charge in [-0.25, -0.2) is 0 Å². The summed E-state index contributed by atoms with van der Waals surface area (Å²) in [5.41, 5.74) is 2.27. The van der Waals surface area contributed by atoms with Crippen molar-refractivity contribution in [3.63, 3.8) is 0 Å². The summed E-state index contributed by atoms with van der Waals surface area (Å²) < 4.78 is 5.67. The highest BCUT2D eigenvalue weighted by atomic mass is 16.5. The lowest BCUT2D eigenvalue weighted by atomic mass is 10.1. The maximum absolute atomic E-state index is 12.5. The number of hydrogen-bond donors (Lipinski definition) is 1. The number of aryl methyl sites for hydroxylation is 1. The van der Waals surface area contributed by atoms with E-state index in [0.29, 0.717) is 13.2 Å². The predicted molar refractivity (Wildman–Crippen MR) is 97.2 cm³/mol. The highest BCUT2D eigenvalue weighted by Gasteiger charge is 2.22. The molecule has 0 heterocycles. The number of hydrogen-bond acceptors (Lipinski definition) is 3. The van der Waals surface area contributed by atoms with Crippen LogP contribution in [-0.4, -0.2) is 38.1 Å². The summed E-state index contributed by atoms with van der Waals surface area (Å²) in [5, 5.41) is 2.95. The van der Waals surface area contributed by atoms with Crippen molar-refractivity contribution in [3.8, 4) is 5.75 Å². The summed E-state index contributed by atoms with van der Waals surface area (Å²) in [6.07, 6.45) is 1.02. The van der Waals surface area contributed by atoms with E-state index in [0.717, 1.165) is 17.7 Å². The molecule has 1 N–H and O–H groups in total. The molecule has 128 valence electrons. The third-order valence-electron chi connectivity index (χ3n) is 3.88. The molecule has 1 amide bonds. The van der Waals surface area contributed by atoms with Gasteiger partial charge in [-0.2, -0.15) is 0 Å². The first-order valence-corrected chi connectivity index (χ1v) is 8.32. The zero-order chi connectivity index (χ0) is 17.4. The highest BCUT2D eigenvalue weighted by Crippen LogP contribution is 2.17. The first kappa shape index (κ1) is 18.0. The number of carbonyl (C=O) groups is 1. The molecular formula is C20H26N2O2. The van der Waals surface area contributed by atoms with E-state index in [1.165, 1.54) is 5.56 Å². The van der Waals surface area contributed by atoms with Crippen molar-refractivity contribution in [3.05, 3.63) is 65.7 Å². The van der Waals surface area contributed by atoms with Crippen LogP contribution in [0.15, 0.2) is 54.6 Å². The number of nitrogens with one attached hydrogen (secondary N) is 1. The Hall–Kier alpha value is -2.33. The highest BCUT2D eigenvalue weighted by molar-refractivity contribution is 5.83. The Morgan fingerprint density at radius 3 is 2.33 bits per heavy atom. The fourth-order valence-corrected chi connectivity index (χ4v) is 2.58. The van der Waals surface area contributed by atoms with Crippen LogP contribution < -0.4 is 10.1 Å². The molecule has 0 spiro atoms. The first-order valence-electron chi connectivity index (χ1n) is 8.32. The maximum Gasteiger partial charge on any atom is 0.242 e. The van der Waals surface area contributed by atoms with Crippen LogP contribution in [0.5, 0.6) is 5.75 Å². The molecular weight excluding hydrogens is 300 g/mol. The van der Waals surface area contributed by atoms with Crippen molar-refractivity contribution in [1.29, 1.82) is 0 Å². The molecule has 0 unspecified atom stereocenters. The van der Waals surface area contributed by atoms with E-state index in [1.54, 1.807) is 0 Å². The van der Waals surface area contributed by atoms with Gasteiger partial charge in [0.25, 0.3) is 0 Å². The Bertz CT molecular complexity index is 624. The van der Waals surface area contributed by atoms with Gasteiger partial charge in [0.05, 0.1) is 6.54 Å². The number of benzene rings is 2. The second kappa shape index (κ2) is 9.08. The van der Waals surface area contributed by atoms with Crippen molar-refractivity contribution in [1.82, 2.24) is 10.2 Å². The second-order valence-corrected chi connectivity index (χ2v) is 5.91. The maximum atomic E-state index is 12.5. The Morgan fingerprint density at radius 2 is 1.75 bits per heavy atom. The lowest BCUT2D eigenvalue weighted by Crippen LogP contribution is -2.38. The summed E-state index contributed by atoms with van der Waals surface area (Å²) in [4.78, 5) is 14.4. The summed E-state index contributed by atoms with van der Waals surface area (Å²) in [5.74, 6) is 0.810. The Kier molecular flexibility index (Phi) is 6.82. The average molecular weight is 326 g/mol. The summed E-state index contributed by atoms with van der Waals surface area (Å²) in [6, 6.07) is 17.5. The molecule has 0 fully saturated rings. The van der Waals surface area contributed by atoms with Crippen LogP contribution >= 0.6 is 0 Å². The topological polar surface area (TPSA) is 41.6 Å². The van der Waals surface area contributed by atoms with E-state index in [1.807, 2.05) is 61.5 Å². The predicted octanol–water partition coefficient (Wildman–Crippen LogP) is 3.05. The standard InChI is InChI=1S/C20H26N2O2/c1-4-16-10-12-18(13-11-16)24-15-14-21-20(23)19(22(2)3)17-8-6-5-7-9-17/h5-13,19H,4,14-15H2,1-3H3,(H,21,23)/t19-/m1/s1. The van der Waals surface area contributed by atoms with Crippen LogP contribution in [0.2, 0.25) is 0 Å². The molecule has 4 heteroatoms. The first-order chi connectivity index (χ1) is 11.6. The lowest BCUT2D eigenvalue weighted by molar-refractivity contribution is -0.125.